The molecule has 0 atom stereocenters. The fourth-order valence-electron chi connectivity index (χ4n) is 2.96. The number of benzene rings is 1. The van der Waals surface area contributed by atoms with Crippen molar-refractivity contribution in [3.8, 4) is 11.5 Å². The van der Waals surface area contributed by atoms with Gasteiger partial charge in [0.2, 0.25) is 0 Å². The smallest absolute Gasteiger partial charge is 0.254 e. The van der Waals surface area contributed by atoms with Crippen LogP contribution in [0, 0.1) is 5.92 Å². The number of rotatable bonds is 6. The Morgan fingerprint density at radius 1 is 1.25 bits per heavy atom. The molecule has 1 aliphatic heterocycles. The fraction of sp³-hybridized carbons (Fsp3) is 0.611. The molecule has 0 aliphatic carbocycles. The highest BCUT2D eigenvalue weighted by Crippen LogP contribution is 2.37. The van der Waals surface area contributed by atoms with E-state index in [2.05, 4.69) is 34.7 Å². The summed E-state index contributed by atoms with van der Waals surface area (Å²) in [5.41, 5.74) is 0.625. The van der Waals surface area contributed by atoms with Crippen LogP contribution in [0.3, 0.4) is 0 Å². The van der Waals surface area contributed by atoms with Gasteiger partial charge in [-0.25, -0.2) is 0 Å². The van der Waals surface area contributed by atoms with E-state index in [1.165, 1.54) is 0 Å². The standard InChI is InChI=1S/C18H27BrN2O3/c1-5-24-17-15(19)10-14(11-16(17)23-4)18(22)21-8-6-20(7-9-21)12-13(2)3/h10-11,13H,5-9,12H2,1-4H3. The van der Waals surface area contributed by atoms with E-state index < -0.39 is 0 Å². The van der Waals surface area contributed by atoms with Crippen LogP contribution in [0.25, 0.3) is 0 Å². The van der Waals surface area contributed by atoms with E-state index >= 15 is 0 Å². The Bertz CT molecular complexity index is 570. The van der Waals surface area contributed by atoms with Crippen LogP contribution in [-0.4, -0.2) is 62.1 Å². The monoisotopic (exact) mass is 398 g/mol. The first kappa shape index (κ1) is 19.1. The van der Waals surface area contributed by atoms with Crippen molar-refractivity contribution >= 4 is 21.8 Å². The third kappa shape index (κ3) is 4.63. The van der Waals surface area contributed by atoms with E-state index in [0.29, 0.717) is 29.6 Å². The first-order valence-electron chi connectivity index (χ1n) is 8.48. The minimum Gasteiger partial charge on any atom is -0.493 e. The maximum atomic E-state index is 12.8. The quantitative estimate of drug-likeness (QED) is 0.737. The van der Waals surface area contributed by atoms with Gasteiger partial charge in [0, 0.05) is 38.3 Å². The predicted molar refractivity (Wildman–Crippen MR) is 99.0 cm³/mol. The number of nitrogens with zero attached hydrogens (tertiary/aromatic N) is 2. The molecule has 0 bridgehead atoms. The van der Waals surface area contributed by atoms with Gasteiger partial charge in [0.05, 0.1) is 18.2 Å². The molecule has 0 N–H and O–H groups in total. The first-order valence-corrected chi connectivity index (χ1v) is 9.27. The molecule has 0 radical (unpaired) electrons. The van der Waals surface area contributed by atoms with E-state index in [-0.39, 0.29) is 5.91 Å². The predicted octanol–water partition coefficient (Wildman–Crippen LogP) is 3.27. The molecule has 1 saturated heterocycles. The van der Waals surface area contributed by atoms with Crippen LogP contribution < -0.4 is 9.47 Å². The van der Waals surface area contributed by atoms with Crippen LogP contribution in [0.1, 0.15) is 31.1 Å². The Labute approximate surface area is 153 Å². The van der Waals surface area contributed by atoms with Crippen LogP contribution in [-0.2, 0) is 0 Å². The van der Waals surface area contributed by atoms with Crippen molar-refractivity contribution in [3.63, 3.8) is 0 Å². The second kappa shape index (κ2) is 8.72. The van der Waals surface area contributed by atoms with Gasteiger partial charge in [0.1, 0.15) is 0 Å². The molecule has 1 aliphatic rings. The molecule has 0 unspecified atom stereocenters. The summed E-state index contributed by atoms with van der Waals surface area (Å²) >= 11 is 3.48. The van der Waals surface area contributed by atoms with E-state index in [4.69, 9.17) is 9.47 Å². The van der Waals surface area contributed by atoms with Crippen LogP contribution >= 0.6 is 15.9 Å². The highest BCUT2D eigenvalue weighted by Gasteiger charge is 2.24. The van der Waals surface area contributed by atoms with Gasteiger partial charge in [-0.3, -0.25) is 9.69 Å². The zero-order valence-electron chi connectivity index (χ0n) is 15.0. The second-order valence-corrected chi connectivity index (χ2v) is 7.26. The Morgan fingerprint density at radius 2 is 1.92 bits per heavy atom. The molecule has 6 heteroatoms. The minimum atomic E-state index is 0.0428. The number of amides is 1. The molecular weight excluding hydrogens is 372 g/mol. The molecule has 1 aromatic carbocycles. The molecular formula is C18H27BrN2O3. The van der Waals surface area contributed by atoms with Crippen molar-refractivity contribution in [1.29, 1.82) is 0 Å². The first-order chi connectivity index (χ1) is 11.5. The molecule has 0 aromatic heterocycles. The highest BCUT2D eigenvalue weighted by atomic mass is 79.9. The Balaban J connectivity index is 2.09. The SMILES string of the molecule is CCOc1c(Br)cc(C(=O)N2CCN(CC(C)C)CC2)cc1OC. The normalized spacial score (nSPS) is 15.7. The lowest BCUT2D eigenvalue weighted by molar-refractivity contribution is 0.0623. The van der Waals surface area contributed by atoms with Crippen LogP contribution in [0.5, 0.6) is 11.5 Å². The molecule has 0 spiro atoms. The second-order valence-electron chi connectivity index (χ2n) is 6.41. The van der Waals surface area contributed by atoms with Crippen molar-refractivity contribution in [3.05, 3.63) is 22.2 Å². The molecule has 5 nitrogen and oxygen atoms in total. The Hall–Kier alpha value is -1.27. The largest absolute Gasteiger partial charge is 0.493 e. The number of methoxy groups -OCH3 is 1. The molecule has 1 heterocycles. The van der Waals surface area contributed by atoms with Gasteiger partial charge in [-0.05, 0) is 40.9 Å². The molecule has 1 aromatic rings. The summed E-state index contributed by atoms with van der Waals surface area (Å²) in [6.45, 7) is 11.4. The van der Waals surface area contributed by atoms with Crippen molar-refractivity contribution in [2.75, 3.05) is 46.4 Å². The summed E-state index contributed by atoms with van der Waals surface area (Å²) in [6, 6.07) is 3.58. The van der Waals surface area contributed by atoms with Gasteiger partial charge in [-0.1, -0.05) is 13.8 Å². The number of carbonyl (C=O) groups is 1. The van der Waals surface area contributed by atoms with E-state index in [1.807, 2.05) is 17.9 Å². The van der Waals surface area contributed by atoms with E-state index in [9.17, 15) is 4.79 Å². The summed E-state index contributed by atoms with van der Waals surface area (Å²) in [5, 5.41) is 0. The minimum absolute atomic E-state index is 0.0428. The molecule has 2 rings (SSSR count). The average molecular weight is 399 g/mol. The molecule has 134 valence electrons. The summed E-state index contributed by atoms with van der Waals surface area (Å²) in [6.07, 6.45) is 0. The van der Waals surface area contributed by atoms with Crippen molar-refractivity contribution < 1.29 is 14.3 Å². The number of halogens is 1. The molecule has 1 amide bonds. The Kier molecular flexibility index (Phi) is 6.92. The lowest BCUT2D eigenvalue weighted by Gasteiger charge is -2.35. The number of ether oxygens (including phenoxy) is 2. The molecule has 1 fully saturated rings. The van der Waals surface area contributed by atoms with Crippen molar-refractivity contribution in [1.82, 2.24) is 9.80 Å². The number of hydrogen-bond donors (Lipinski definition) is 0. The van der Waals surface area contributed by atoms with Gasteiger partial charge in [-0.2, -0.15) is 0 Å². The van der Waals surface area contributed by atoms with Gasteiger partial charge in [-0.15, -0.1) is 0 Å². The lowest BCUT2D eigenvalue weighted by Crippen LogP contribution is -2.49. The van der Waals surface area contributed by atoms with Crippen molar-refractivity contribution in [2.24, 2.45) is 5.92 Å². The fourth-order valence-corrected chi connectivity index (χ4v) is 3.52. The Morgan fingerprint density at radius 3 is 2.46 bits per heavy atom. The number of carbonyl (C=O) groups excluding carboxylic acids is 1. The van der Waals surface area contributed by atoms with Crippen molar-refractivity contribution in [2.45, 2.75) is 20.8 Å². The van der Waals surface area contributed by atoms with Crippen LogP contribution in [0.4, 0.5) is 0 Å². The van der Waals surface area contributed by atoms with Gasteiger partial charge < -0.3 is 14.4 Å². The number of hydrogen-bond acceptors (Lipinski definition) is 4. The molecule has 0 saturated carbocycles. The summed E-state index contributed by atoms with van der Waals surface area (Å²) in [5.74, 6) is 1.91. The van der Waals surface area contributed by atoms with Gasteiger partial charge in [0.15, 0.2) is 11.5 Å². The van der Waals surface area contributed by atoms with Gasteiger partial charge >= 0.3 is 0 Å². The highest BCUT2D eigenvalue weighted by molar-refractivity contribution is 9.10. The maximum absolute atomic E-state index is 12.8. The zero-order valence-corrected chi connectivity index (χ0v) is 16.6. The van der Waals surface area contributed by atoms with E-state index in [0.717, 1.165) is 37.2 Å². The average Bonchev–Trinajstić information content (AvgIpc) is 2.56. The maximum Gasteiger partial charge on any atom is 0.254 e. The third-order valence-electron chi connectivity index (χ3n) is 4.05. The number of piperazine rings is 1. The third-order valence-corrected chi connectivity index (χ3v) is 4.64. The topological polar surface area (TPSA) is 42.0 Å². The van der Waals surface area contributed by atoms with E-state index in [1.54, 1.807) is 13.2 Å². The summed E-state index contributed by atoms with van der Waals surface area (Å²) in [4.78, 5) is 17.1. The lowest BCUT2D eigenvalue weighted by atomic mass is 10.1. The van der Waals surface area contributed by atoms with Crippen LogP contribution in [0.15, 0.2) is 16.6 Å². The zero-order chi connectivity index (χ0) is 17.7. The summed E-state index contributed by atoms with van der Waals surface area (Å²) < 4.78 is 11.7. The molecule has 24 heavy (non-hydrogen) atoms. The van der Waals surface area contributed by atoms with Gasteiger partial charge in [0.25, 0.3) is 5.91 Å². The van der Waals surface area contributed by atoms with Crippen LogP contribution in [0.2, 0.25) is 0 Å². The summed E-state index contributed by atoms with van der Waals surface area (Å²) in [7, 11) is 1.59.